The highest BCUT2D eigenvalue weighted by Crippen LogP contribution is 2.24. The molecule has 2 aromatic rings. The van der Waals surface area contributed by atoms with Gasteiger partial charge in [-0.05, 0) is 56.0 Å². The molecule has 2 fully saturated rings. The number of carbonyl (C=O) groups excluding carboxylic acids is 1. The molecule has 0 radical (unpaired) electrons. The third-order valence-corrected chi connectivity index (χ3v) is 5.65. The van der Waals surface area contributed by atoms with Gasteiger partial charge in [0.25, 0.3) is 0 Å². The predicted octanol–water partition coefficient (Wildman–Crippen LogP) is 3.22. The van der Waals surface area contributed by atoms with Gasteiger partial charge in [0.1, 0.15) is 17.6 Å². The van der Waals surface area contributed by atoms with Crippen LogP contribution in [0.4, 0.5) is 0 Å². The number of nitrogens with zero attached hydrogens (tertiary/aromatic N) is 3. The Labute approximate surface area is 165 Å². The molecule has 0 aliphatic carbocycles. The SMILES string of the molecule is O=C(/C=C/c1ccco1)N1CCC(N2CCC(Oc3ccncc3)CC2)CC1. The standard InChI is InChI=1S/C22H27N3O3/c26-22(4-3-19-2-1-17-27-19)25-13-7-18(8-14-25)24-15-9-21(10-16-24)28-20-5-11-23-12-6-20/h1-6,11-12,17-18,21H,7-10,13-16H2/b4-3+. The molecule has 4 rings (SSSR count). The smallest absolute Gasteiger partial charge is 0.246 e. The van der Waals surface area contributed by atoms with Crippen LogP contribution in [0.5, 0.6) is 5.75 Å². The number of amides is 1. The van der Waals surface area contributed by atoms with Crippen LogP contribution in [0.2, 0.25) is 0 Å². The molecule has 1 amide bonds. The molecule has 148 valence electrons. The van der Waals surface area contributed by atoms with Gasteiger partial charge < -0.3 is 14.1 Å². The molecule has 4 heterocycles. The first kappa shape index (κ1) is 18.7. The number of piperidine rings is 2. The van der Waals surface area contributed by atoms with E-state index >= 15 is 0 Å². The summed E-state index contributed by atoms with van der Waals surface area (Å²) >= 11 is 0. The molecule has 0 unspecified atom stereocenters. The van der Waals surface area contributed by atoms with Crippen LogP contribution >= 0.6 is 0 Å². The van der Waals surface area contributed by atoms with E-state index in [9.17, 15) is 4.79 Å². The van der Waals surface area contributed by atoms with Gasteiger partial charge in [0.15, 0.2) is 0 Å². The summed E-state index contributed by atoms with van der Waals surface area (Å²) in [6, 6.07) is 8.07. The topological polar surface area (TPSA) is 58.8 Å². The van der Waals surface area contributed by atoms with E-state index < -0.39 is 0 Å². The summed E-state index contributed by atoms with van der Waals surface area (Å²) < 4.78 is 11.3. The Hall–Kier alpha value is -2.60. The second kappa shape index (κ2) is 9.06. The van der Waals surface area contributed by atoms with E-state index in [0.29, 0.717) is 11.8 Å². The Kier molecular flexibility index (Phi) is 6.07. The zero-order chi connectivity index (χ0) is 19.2. The van der Waals surface area contributed by atoms with E-state index in [1.54, 1.807) is 30.8 Å². The van der Waals surface area contributed by atoms with Crippen molar-refractivity contribution in [1.82, 2.24) is 14.8 Å². The number of hydrogen-bond acceptors (Lipinski definition) is 5. The molecule has 0 atom stereocenters. The maximum absolute atomic E-state index is 12.4. The van der Waals surface area contributed by atoms with Gasteiger partial charge in [0.2, 0.25) is 5.91 Å². The Morgan fingerprint density at radius 3 is 2.50 bits per heavy atom. The van der Waals surface area contributed by atoms with Crippen molar-refractivity contribution in [3.05, 3.63) is 54.8 Å². The van der Waals surface area contributed by atoms with E-state index in [-0.39, 0.29) is 12.0 Å². The zero-order valence-corrected chi connectivity index (χ0v) is 16.1. The van der Waals surface area contributed by atoms with E-state index in [2.05, 4.69) is 9.88 Å². The first-order chi connectivity index (χ1) is 13.8. The van der Waals surface area contributed by atoms with Gasteiger partial charge in [0, 0.05) is 50.7 Å². The summed E-state index contributed by atoms with van der Waals surface area (Å²) in [7, 11) is 0. The molecular weight excluding hydrogens is 354 g/mol. The number of carbonyl (C=O) groups is 1. The van der Waals surface area contributed by atoms with Gasteiger partial charge >= 0.3 is 0 Å². The van der Waals surface area contributed by atoms with E-state index in [1.165, 1.54) is 0 Å². The minimum absolute atomic E-state index is 0.0688. The van der Waals surface area contributed by atoms with Crippen LogP contribution in [-0.4, -0.2) is 59.0 Å². The van der Waals surface area contributed by atoms with Crippen molar-refractivity contribution in [2.45, 2.75) is 37.8 Å². The third kappa shape index (κ3) is 4.81. The largest absolute Gasteiger partial charge is 0.490 e. The average Bonchev–Trinajstić information content (AvgIpc) is 3.27. The van der Waals surface area contributed by atoms with Crippen LogP contribution < -0.4 is 4.74 Å². The van der Waals surface area contributed by atoms with E-state index in [4.69, 9.17) is 9.15 Å². The Morgan fingerprint density at radius 2 is 1.82 bits per heavy atom. The van der Waals surface area contributed by atoms with Crippen LogP contribution in [0.3, 0.4) is 0 Å². The molecule has 2 aliphatic rings. The minimum Gasteiger partial charge on any atom is -0.490 e. The molecule has 2 aromatic heterocycles. The summed E-state index contributed by atoms with van der Waals surface area (Å²) in [5.74, 6) is 1.68. The average molecular weight is 381 g/mol. The summed E-state index contributed by atoms with van der Waals surface area (Å²) in [6.45, 7) is 3.76. The molecule has 2 saturated heterocycles. The number of hydrogen-bond donors (Lipinski definition) is 0. The van der Waals surface area contributed by atoms with Crippen molar-refractivity contribution in [2.75, 3.05) is 26.2 Å². The molecule has 0 bridgehead atoms. The fourth-order valence-electron chi connectivity index (χ4n) is 4.06. The second-order valence-electron chi connectivity index (χ2n) is 7.44. The lowest BCUT2D eigenvalue weighted by atomic mass is 9.98. The van der Waals surface area contributed by atoms with Crippen LogP contribution in [0, 0.1) is 0 Å². The molecule has 0 aromatic carbocycles. The van der Waals surface area contributed by atoms with Gasteiger partial charge in [-0.15, -0.1) is 0 Å². The van der Waals surface area contributed by atoms with Crippen LogP contribution in [-0.2, 0) is 4.79 Å². The van der Waals surface area contributed by atoms with Crippen LogP contribution in [0.15, 0.2) is 53.4 Å². The summed E-state index contributed by atoms with van der Waals surface area (Å²) in [6.07, 6.45) is 13.0. The maximum Gasteiger partial charge on any atom is 0.246 e. The van der Waals surface area contributed by atoms with Crippen molar-refractivity contribution in [2.24, 2.45) is 0 Å². The molecule has 28 heavy (non-hydrogen) atoms. The number of pyridine rings is 1. The highest BCUT2D eigenvalue weighted by Gasteiger charge is 2.29. The molecule has 0 N–H and O–H groups in total. The summed E-state index contributed by atoms with van der Waals surface area (Å²) in [5, 5.41) is 0. The Bertz CT molecular complexity index is 760. The lowest BCUT2D eigenvalue weighted by molar-refractivity contribution is -0.127. The summed E-state index contributed by atoms with van der Waals surface area (Å²) in [5.41, 5.74) is 0. The van der Waals surface area contributed by atoms with Gasteiger partial charge in [-0.1, -0.05) is 0 Å². The summed E-state index contributed by atoms with van der Waals surface area (Å²) in [4.78, 5) is 20.9. The van der Waals surface area contributed by atoms with Crippen LogP contribution in [0.1, 0.15) is 31.4 Å². The van der Waals surface area contributed by atoms with Crippen molar-refractivity contribution in [3.8, 4) is 5.75 Å². The highest BCUT2D eigenvalue weighted by molar-refractivity contribution is 5.91. The van der Waals surface area contributed by atoms with Gasteiger partial charge in [0.05, 0.1) is 6.26 Å². The molecule has 0 saturated carbocycles. The molecule has 2 aliphatic heterocycles. The lowest BCUT2D eigenvalue weighted by Crippen LogP contribution is -2.49. The first-order valence-electron chi connectivity index (χ1n) is 10.1. The van der Waals surface area contributed by atoms with Crippen molar-refractivity contribution < 1.29 is 13.9 Å². The van der Waals surface area contributed by atoms with Gasteiger partial charge in [-0.2, -0.15) is 0 Å². The fraction of sp³-hybridized carbons (Fsp3) is 0.455. The quantitative estimate of drug-likeness (QED) is 0.745. The molecular formula is C22H27N3O3. The fourth-order valence-corrected chi connectivity index (χ4v) is 4.06. The third-order valence-electron chi connectivity index (χ3n) is 5.65. The monoisotopic (exact) mass is 381 g/mol. The molecule has 6 nitrogen and oxygen atoms in total. The number of furan rings is 1. The van der Waals surface area contributed by atoms with E-state index in [0.717, 1.165) is 57.6 Å². The van der Waals surface area contributed by atoms with Crippen molar-refractivity contribution >= 4 is 12.0 Å². The van der Waals surface area contributed by atoms with Gasteiger partial charge in [-0.3, -0.25) is 14.7 Å². The predicted molar refractivity (Wildman–Crippen MR) is 107 cm³/mol. The van der Waals surface area contributed by atoms with E-state index in [1.807, 2.05) is 29.2 Å². The highest BCUT2D eigenvalue weighted by atomic mass is 16.5. The Balaban J connectivity index is 1.20. The maximum atomic E-state index is 12.4. The van der Waals surface area contributed by atoms with Crippen LogP contribution in [0.25, 0.3) is 6.08 Å². The number of ether oxygens (including phenoxy) is 1. The second-order valence-corrected chi connectivity index (χ2v) is 7.44. The zero-order valence-electron chi connectivity index (χ0n) is 16.1. The normalized spacial score (nSPS) is 19.9. The van der Waals surface area contributed by atoms with Crippen molar-refractivity contribution in [3.63, 3.8) is 0 Å². The van der Waals surface area contributed by atoms with Gasteiger partial charge in [-0.25, -0.2) is 0 Å². The molecule has 0 spiro atoms. The molecule has 6 heteroatoms. The van der Waals surface area contributed by atoms with Crippen molar-refractivity contribution in [1.29, 1.82) is 0 Å². The number of rotatable bonds is 5. The lowest BCUT2D eigenvalue weighted by Gasteiger charge is -2.41. The first-order valence-corrected chi connectivity index (χ1v) is 10.1. The number of likely N-dealkylation sites (tertiary alicyclic amines) is 2. The minimum atomic E-state index is 0.0688. The number of aromatic nitrogens is 1. The Morgan fingerprint density at radius 1 is 1.07 bits per heavy atom.